The number of ether oxygens (including phenoxy) is 1. The summed E-state index contributed by atoms with van der Waals surface area (Å²) in [7, 11) is 0. The van der Waals surface area contributed by atoms with E-state index >= 15 is 0 Å². The van der Waals surface area contributed by atoms with Crippen LogP contribution in [0.2, 0.25) is 0 Å². The Bertz CT molecular complexity index is 522. The lowest BCUT2D eigenvalue weighted by atomic mass is 10.2. The Kier molecular flexibility index (Phi) is 5.83. The summed E-state index contributed by atoms with van der Waals surface area (Å²) in [5.74, 6) is 1.23. The lowest BCUT2D eigenvalue weighted by molar-refractivity contribution is -0.137. The van der Waals surface area contributed by atoms with Crippen molar-refractivity contribution in [3.63, 3.8) is 0 Å². The molecule has 1 aromatic carbocycles. The van der Waals surface area contributed by atoms with Gasteiger partial charge in [0.1, 0.15) is 0 Å². The normalized spacial score (nSPS) is 17.9. The summed E-state index contributed by atoms with van der Waals surface area (Å²) in [5.41, 5.74) is 1.61. The van der Waals surface area contributed by atoms with Crippen LogP contribution in [0.3, 0.4) is 0 Å². The number of carbonyl (C=O) groups is 2. The molecule has 0 saturated carbocycles. The minimum absolute atomic E-state index is 0.0187. The van der Waals surface area contributed by atoms with E-state index in [2.05, 4.69) is 10.6 Å². The highest BCUT2D eigenvalue weighted by Gasteiger charge is 2.22. The zero-order valence-corrected chi connectivity index (χ0v) is 12.6. The standard InChI is InChI=1S/C15H18N2O3S/c1-2-20-14(18)8-5-11-3-6-12(7-4-11)17-15(19)13-9-21-10-16-13/h3-8,13,16H,2,9-10H2,1H3,(H,17,19). The van der Waals surface area contributed by atoms with Crippen LogP contribution < -0.4 is 10.6 Å². The molecule has 1 aliphatic rings. The molecule has 2 N–H and O–H groups in total. The number of nitrogens with one attached hydrogen (secondary N) is 2. The van der Waals surface area contributed by atoms with Crippen LogP contribution in [0.5, 0.6) is 0 Å². The first-order valence-corrected chi connectivity index (χ1v) is 7.91. The molecule has 1 atom stereocenters. The first-order valence-electron chi connectivity index (χ1n) is 6.76. The molecule has 0 aliphatic carbocycles. The summed E-state index contributed by atoms with van der Waals surface area (Å²) in [6.07, 6.45) is 3.06. The van der Waals surface area contributed by atoms with E-state index in [9.17, 15) is 9.59 Å². The van der Waals surface area contributed by atoms with Crippen molar-refractivity contribution in [2.24, 2.45) is 0 Å². The van der Waals surface area contributed by atoms with E-state index in [0.717, 1.165) is 22.9 Å². The zero-order valence-electron chi connectivity index (χ0n) is 11.8. The number of thioether (sulfide) groups is 1. The Hall–Kier alpha value is -1.79. The fourth-order valence-corrected chi connectivity index (χ4v) is 2.77. The third kappa shape index (κ3) is 4.91. The Morgan fingerprint density at radius 1 is 1.43 bits per heavy atom. The molecular weight excluding hydrogens is 288 g/mol. The zero-order chi connectivity index (χ0) is 15.1. The van der Waals surface area contributed by atoms with Crippen molar-refractivity contribution in [1.29, 1.82) is 0 Å². The number of esters is 1. The highest BCUT2D eigenvalue weighted by molar-refractivity contribution is 7.99. The molecule has 1 fully saturated rings. The molecule has 1 heterocycles. The molecule has 112 valence electrons. The van der Waals surface area contributed by atoms with Crippen molar-refractivity contribution < 1.29 is 14.3 Å². The van der Waals surface area contributed by atoms with Gasteiger partial charge in [-0.3, -0.25) is 10.1 Å². The summed E-state index contributed by atoms with van der Waals surface area (Å²) in [6, 6.07) is 7.17. The van der Waals surface area contributed by atoms with Gasteiger partial charge in [-0.25, -0.2) is 4.79 Å². The Morgan fingerprint density at radius 2 is 2.19 bits per heavy atom. The largest absolute Gasteiger partial charge is 0.463 e. The molecule has 1 amide bonds. The van der Waals surface area contributed by atoms with E-state index in [0.29, 0.717) is 6.61 Å². The molecule has 0 bridgehead atoms. The molecule has 2 rings (SSSR count). The van der Waals surface area contributed by atoms with E-state index < -0.39 is 0 Å². The van der Waals surface area contributed by atoms with Gasteiger partial charge in [-0.05, 0) is 30.7 Å². The molecular formula is C15H18N2O3S. The lowest BCUT2D eigenvalue weighted by Crippen LogP contribution is -2.37. The number of anilines is 1. The Labute approximate surface area is 128 Å². The quantitative estimate of drug-likeness (QED) is 0.642. The van der Waals surface area contributed by atoms with Gasteiger partial charge in [-0.15, -0.1) is 11.8 Å². The molecule has 1 aliphatic heterocycles. The van der Waals surface area contributed by atoms with Gasteiger partial charge in [0.25, 0.3) is 0 Å². The van der Waals surface area contributed by atoms with E-state index in [4.69, 9.17) is 4.74 Å². The van der Waals surface area contributed by atoms with Crippen LogP contribution in [-0.2, 0) is 14.3 Å². The van der Waals surface area contributed by atoms with Crippen molar-refractivity contribution in [2.75, 3.05) is 23.6 Å². The molecule has 6 heteroatoms. The summed E-state index contributed by atoms with van der Waals surface area (Å²) in [6.45, 7) is 2.13. The van der Waals surface area contributed by atoms with Crippen molar-refractivity contribution in [3.8, 4) is 0 Å². The first kappa shape index (κ1) is 15.6. The SMILES string of the molecule is CCOC(=O)C=Cc1ccc(NC(=O)C2CSCN2)cc1. The second-order valence-electron chi connectivity index (χ2n) is 4.47. The predicted octanol–water partition coefficient (Wildman–Crippen LogP) is 1.86. The van der Waals surface area contributed by atoms with Crippen LogP contribution in [0, 0.1) is 0 Å². The smallest absolute Gasteiger partial charge is 0.330 e. The monoisotopic (exact) mass is 306 g/mol. The highest BCUT2D eigenvalue weighted by Crippen LogP contribution is 2.14. The topological polar surface area (TPSA) is 67.4 Å². The summed E-state index contributed by atoms with van der Waals surface area (Å²) < 4.78 is 4.81. The molecule has 1 unspecified atom stereocenters. The Morgan fingerprint density at radius 3 is 2.81 bits per heavy atom. The van der Waals surface area contributed by atoms with Gasteiger partial charge < -0.3 is 10.1 Å². The van der Waals surface area contributed by atoms with Crippen molar-refractivity contribution in [1.82, 2.24) is 5.32 Å². The van der Waals surface area contributed by atoms with E-state index in [-0.39, 0.29) is 17.9 Å². The second-order valence-corrected chi connectivity index (χ2v) is 5.50. The van der Waals surface area contributed by atoms with Gasteiger partial charge in [0.05, 0.1) is 12.6 Å². The van der Waals surface area contributed by atoms with Crippen LogP contribution in [-0.4, -0.2) is 36.2 Å². The summed E-state index contributed by atoms with van der Waals surface area (Å²) in [5, 5.41) is 5.99. The van der Waals surface area contributed by atoms with Gasteiger partial charge in [0.2, 0.25) is 5.91 Å². The molecule has 0 radical (unpaired) electrons. The van der Waals surface area contributed by atoms with Crippen LogP contribution >= 0.6 is 11.8 Å². The molecule has 5 nitrogen and oxygen atoms in total. The third-order valence-corrected chi connectivity index (χ3v) is 3.85. The Balaban J connectivity index is 1.89. The third-order valence-electron chi connectivity index (χ3n) is 2.91. The summed E-state index contributed by atoms with van der Waals surface area (Å²) >= 11 is 1.71. The maximum absolute atomic E-state index is 11.9. The van der Waals surface area contributed by atoms with Crippen LogP contribution in [0.1, 0.15) is 12.5 Å². The minimum Gasteiger partial charge on any atom is -0.463 e. The highest BCUT2D eigenvalue weighted by atomic mass is 32.2. The average molecular weight is 306 g/mol. The first-order chi connectivity index (χ1) is 10.2. The van der Waals surface area contributed by atoms with Crippen molar-refractivity contribution in [2.45, 2.75) is 13.0 Å². The van der Waals surface area contributed by atoms with Crippen molar-refractivity contribution >= 4 is 35.4 Å². The molecule has 0 aromatic heterocycles. The average Bonchev–Trinajstić information content (AvgIpc) is 3.01. The number of amides is 1. The fraction of sp³-hybridized carbons (Fsp3) is 0.333. The predicted molar refractivity (Wildman–Crippen MR) is 85.0 cm³/mol. The summed E-state index contributed by atoms with van der Waals surface area (Å²) in [4.78, 5) is 23.1. The number of carbonyl (C=O) groups excluding carboxylic acids is 2. The number of hydrogen-bond donors (Lipinski definition) is 2. The maximum Gasteiger partial charge on any atom is 0.330 e. The number of rotatable bonds is 5. The van der Waals surface area contributed by atoms with Gasteiger partial charge in [-0.1, -0.05) is 12.1 Å². The van der Waals surface area contributed by atoms with Gasteiger partial charge in [0, 0.05) is 23.4 Å². The van der Waals surface area contributed by atoms with Crippen LogP contribution in [0.25, 0.3) is 6.08 Å². The van der Waals surface area contributed by atoms with Gasteiger partial charge >= 0.3 is 5.97 Å². The number of benzene rings is 1. The van der Waals surface area contributed by atoms with Gasteiger partial charge in [-0.2, -0.15) is 0 Å². The van der Waals surface area contributed by atoms with Crippen LogP contribution in [0.4, 0.5) is 5.69 Å². The second kappa shape index (κ2) is 7.85. The van der Waals surface area contributed by atoms with E-state index in [1.807, 2.05) is 24.3 Å². The van der Waals surface area contributed by atoms with Crippen LogP contribution in [0.15, 0.2) is 30.3 Å². The van der Waals surface area contributed by atoms with E-state index in [1.165, 1.54) is 6.08 Å². The fourth-order valence-electron chi connectivity index (χ4n) is 1.83. The number of hydrogen-bond acceptors (Lipinski definition) is 5. The van der Waals surface area contributed by atoms with E-state index in [1.54, 1.807) is 24.8 Å². The molecule has 1 aromatic rings. The molecule has 0 spiro atoms. The van der Waals surface area contributed by atoms with Crippen molar-refractivity contribution in [3.05, 3.63) is 35.9 Å². The molecule has 1 saturated heterocycles. The minimum atomic E-state index is -0.361. The van der Waals surface area contributed by atoms with Gasteiger partial charge in [0.15, 0.2) is 0 Å². The maximum atomic E-state index is 11.9. The lowest BCUT2D eigenvalue weighted by Gasteiger charge is -2.10. The molecule has 21 heavy (non-hydrogen) atoms.